The van der Waals surface area contributed by atoms with Gasteiger partial charge in [-0.25, -0.2) is 4.98 Å². The predicted octanol–water partition coefficient (Wildman–Crippen LogP) is 4.63. The van der Waals surface area contributed by atoms with Crippen LogP contribution in [0.4, 0.5) is 0 Å². The summed E-state index contributed by atoms with van der Waals surface area (Å²) in [5.74, 6) is 1.61. The molecule has 0 amide bonds. The minimum atomic E-state index is 0.452. The van der Waals surface area contributed by atoms with Gasteiger partial charge in [-0.05, 0) is 38.0 Å². The minimum absolute atomic E-state index is 0.452. The summed E-state index contributed by atoms with van der Waals surface area (Å²) in [5, 5.41) is 0.743. The van der Waals surface area contributed by atoms with Crippen LogP contribution in [-0.4, -0.2) is 22.8 Å². The summed E-state index contributed by atoms with van der Waals surface area (Å²) >= 11 is 6.07. The molecular formula is C16H23ClN2O. The van der Waals surface area contributed by atoms with Gasteiger partial charge in [0.2, 0.25) is 0 Å². The third kappa shape index (κ3) is 3.33. The van der Waals surface area contributed by atoms with Crippen molar-refractivity contribution in [3.05, 3.63) is 29.0 Å². The first kappa shape index (κ1) is 15.3. The topological polar surface area (TPSA) is 27.1 Å². The van der Waals surface area contributed by atoms with Gasteiger partial charge in [0.25, 0.3) is 0 Å². The van der Waals surface area contributed by atoms with Crippen LogP contribution in [0.5, 0.6) is 0 Å². The Kier molecular flexibility index (Phi) is 5.44. The monoisotopic (exact) mass is 294 g/mol. The molecule has 0 spiro atoms. The lowest BCUT2D eigenvalue weighted by molar-refractivity contribution is 0.141. The van der Waals surface area contributed by atoms with E-state index in [0.717, 1.165) is 49.0 Å². The molecule has 0 saturated carbocycles. The molecule has 0 aliphatic rings. The molecular weight excluding hydrogens is 272 g/mol. The van der Waals surface area contributed by atoms with Crippen molar-refractivity contribution in [1.29, 1.82) is 0 Å². The maximum atomic E-state index is 6.07. The van der Waals surface area contributed by atoms with Crippen molar-refractivity contribution in [1.82, 2.24) is 9.55 Å². The van der Waals surface area contributed by atoms with Crippen molar-refractivity contribution in [3.8, 4) is 0 Å². The number of fused-ring (bicyclic) bond motifs is 1. The summed E-state index contributed by atoms with van der Waals surface area (Å²) in [4.78, 5) is 4.78. The van der Waals surface area contributed by atoms with E-state index in [-0.39, 0.29) is 0 Å². The number of halogens is 1. The van der Waals surface area contributed by atoms with Crippen molar-refractivity contribution in [2.45, 2.75) is 46.1 Å². The summed E-state index contributed by atoms with van der Waals surface area (Å²) in [6, 6.07) is 5.95. The average Bonchev–Trinajstić information content (AvgIpc) is 2.80. The van der Waals surface area contributed by atoms with Gasteiger partial charge in [-0.15, -0.1) is 0 Å². The highest BCUT2D eigenvalue weighted by Gasteiger charge is 2.15. The SMILES string of the molecule is CCOCCCn1c(C(C)CC)nc2cc(Cl)ccc21. The van der Waals surface area contributed by atoms with E-state index in [9.17, 15) is 0 Å². The van der Waals surface area contributed by atoms with E-state index in [1.165, 1.54) is 5.52 Å². The zero-order valence-electron chi connectivity index (χ0n) is 12.5. The largest absolute Gasteiger partial charge is 0.382 e. The highest BCUT2D eigenvalue weighted by molar-refractivity contribution is 6.31. The highest BCUT2D eigenvalue weighted by Crippen LogP contribution is 2.26. The Morgan fingerprint density at radius 1 is 1.35 bits per heavy atom. The fraction of sp³-hybridized carbons (Fsp3) is 0.562. The van der Waals surface area contributed by atoms with Crippen LogP contribution < -0.4 is 0 Å². The van der Waals surface area contributed by atoms with E-state index in [0.29, 0.717) is 5.92 Å². The normalized spacial score (nSPS) is 13.0. The van der Waals surface area contributed by atoms with E-state index in [2.05, 4.69) is 24.5 Å². The number of imidazole rings is 1. The quantitative estimate of drug-likeness (QED) is 0.696. The second kappa shape index (κ2) is 7.09. The van der Waals surface area contributed by atoms with Crippen molar-refractivity contribution >= 4 is 22.6 Å². The third-order valence-electron chi connectivity index (χ3n) is 3.67. The molecule has 4 heteroatoms. The molecule has 1 aromatic heterocycles. The first-order valence-electron chi connectivity index (χ1n) is 7.40. The molecule has 1 aromatic carbocycles. The number of aryl methyl sites for hydroxylation is 1. The number of nitrogens with zero attached hydrogens (tertiary/aromatic N) is 2. The number of hydrogen-bond donors (Lipinski definition) is 0. The molecule has 3 nitrogen and oxygen atoms in total. The van der Waals surface area contributed by atoms with Gasteiger partial charge in [0, 0.05) is 30.7 Å². The van der Waals surface area contributed by atoms with Crippen LogP contribution in [0.2, 0.25) is 5.02 Å². The van der Waals surface area contributed by atoms with Crippen LogP contribution >= 0.6 is 11.6 Å². The molecule has 0 fully saturated rings. The Bertz CT molecular complexity index is 565. The summed E-state index contributed by atoms with van der Waals surface area (Å²) in [6.45, 7) is 8.96. The Morgan fingerprint density at radius 3 is 2.85 bits per heavy atom. The van der Waals surface area contributed by atoms with Gasteiger partial charge in [-0.2, -0.15) is 0 Å². The van der Waals surface area contributed by atoms with Gasteiger partial charge >= 0.3 is 0 Å². The standard InChI is InChI=1S/C16H23ClN2O/c1-4-12(3)16-18-14-11-13(17)7-8-15(14)19(16)9-6-10-20-5-2/h7-8,11-12H,4-6,9-10H2,1-3H3. The number of aromatic nitrogens is 2. The zero-order valence-corrected chi connectivity index (χ0v) is 13.3. The fourth-order valence-electron chi connectivity index (χ4n) is 2.38. The van der Waals surface area contributed by atoms with Crippen LogP contribution in [0.3, 0.4) is 0 Å². The summed E-state index contributed by atoms with van der Waals surface area (Å²) in [7, 11) is 0. The van der Waals surface area contributed by atoms with Crippen molar-refractivity contribution in [2.75, 3.05) is 13.2 Å². The van der Waals surface area contributed by atoms with Crippen LogP contribution in [0.1, 0.15) is 45.4 Å². The van der Waals surface area contributed by atoms with Gasteiger partial charge < -0.3 is 9.30 Å². The van der Waals surface area contributed by atoms with E-state index in [1.807, 2.05) is 19.1 Å². The lowest BCUT2D eigenvalue weighted by Crippen LogP contribution is -2.09. The summed E-state index contributed by atoms with van der Waals surface area (Å²) in [6.07, 6.45) is 2.09. The van der Waals surface area contributed by atoms with E-state index >= 15 is 0 Å². The minimum Gasteiger partial charge on any atom is -0.382 e. The Labute approximate surface area is 125 Å². The molecule has 0 radical (unpaired) electrons. The first-order valence-corrected chi connectivity index (χ1v) is 7.78. The fourth-order valence-corrected chi connectivity index (χ4v) is 2.55. The van der Waals surface area contributed by atoms with Crippen LogP contribution in [0, 0.1) is 0 Å². The van der Waals surface area contributed by atoms with Crippen LogP contribution in [0.25, 0.3) is 11.0 Å². The van der Waals surface area contributed by atoms with Gasteiger partial charge in [-0.3, -0.25) is 0 Å². The Morgan fingerprint density at radius 2 is 2.15 bits per heavy atom. The molecule has 0 aliphatic heterocycles. The van der Waals surface area contributed by atoms with Gasteiger partial charge in [-0.1, -0.05) is 25.4 Å². The summed E-state index contributed by atoms with van der Waals surface area (Å²) < 4.78 is 7.75. The number of rotatable bonds is 7. The van der Waals surface area contributed by atoms with Gasteiger partial charge in [0.1, 0.15) is 5.82 Å². The Balaban J connectivity index is 2.32. The summed E-state index contributed by atoms with van der Waals surface area (Å²) in [5.41, 5.74) is 2.16. The van der Waals surface area contributed by atoms with Crippen LogP contribution in [-0.2, 0) is 11.3 Å². The smallest absolute Gasteiger partial charge is 0.112 e. The van der Waals surface area contributed by atoms with Crippen LogP contribution in [0.15, 0.2) is 18.2 Å². The third-order valence-corrected chi connectivity index (χ3v) is 3.90. The van der Waals surface area contributed by atoms with Crippen molar-refractivity contribution in [2.24, 2.45) is 0 Å². The molecule has 2 aromatic rings. The molecule has 20 heavy (non-hydrogen) atoms. The average molecular weight is 295 g/mol. The van der Waals surface area contributed by atoms with E-state index in [1.54, 1.807) is 0 Å². The molecule has 1 atom stereocenters. The Hall–Kier alpha value is -1.06. The van der Waals surface area contributed by atoms with Crippen molar-refractivity contribution in [3.63, 3.8) is 0 Å². The molecule has 2 rings (SSSR count). The second-order valence-electron chi connectivity index (χ2n) is 5.11. The predicted molar refractivity (Wildman–Crippen MR) is 84.6 cm³/mol. The number of ether oxygens (including phenoxy) is 1. The van der Waals surface area contributed by atoms with Crippen molar-refractivity contribution < 1.29 is 4.74 Å². The maximum absolute atomic E-state index is 6.07. The molecule has 0 saturated heterocycles. The van der Waals surface area contributed by atoms with E-state index < -0.39 is 0 Å². The molecule has 0 bridgehead atoms. The number of benzene rings is 1. The molecule has 0 N–H and O–H groups in total. The van der Waals surface area contributed by atoms with E-state index in [4.69, 9.17) is 21.3 Å². The molecule has 110 valence electrons. The molecule has 1 unspecified atom stereocenters. The van der Waals surface area contributed by atoms with Gasteiger partial charge in [0.05, 0.1) is 11.0 Å². The maximum Gasteiger partial charge on any atom is 0.112 e. The highest BCUT2D eigenvalue weighted by atomic mass is 35.5. The lowest BCUT2D eigenvalue weighted by atomic mass is 10.1. The number of hydrogen-bond acceptors (Lipinski definition) is 2. The molecule has 1 heterocycles. The van der Waals surface area contributed by atoms with Gasteiger partial charge in [0.15, 0.2) is 0 Å². The first-order chi connectivity index (χ1) is 9.67. The molecule has 0 aliphatic carbocycles. The second-order valence-corrected chi connectivity index (χ2v) is 5.55. The lowest BCUT2D eigenvalue weighted by Gasteiger charge is -2.13. The zero-order chi connectivity index (χ0) is 14.5.